The Kier molecular flexibility index (Phi) is 6.45. The molecule has 2 N–H and O–H groups in total. The van der Waals surface area contributed by atoms with Crippen molar-refractivity contribution in [2.24, 2.45) is 5.92 Å². The first-order valence-electron chi connectivity index (χ1n) is 10.4. The fourth-order valence-corrected chi connectivity index (χ4v) is 3.93. The minimum absolute atomic E-state index is 0.126. The second kappa shape index (κ2) is 8.85. The van der Waals surface area contributed by atoms with Crippen LogP contribution in [0.2, 0.25) is 0 Å². The summed E-state index contributed by atoms with van der Waals surface area (Å²) in [5, 5.41) is 3.18. The maximum absolute atomic E-state index is 13.4. The average Bonchev–Trinajstić information content (AvgIpc) is 2.65. The van der Waals surface area contributed by atoms with Crippen LogP contribution in [0, 0.1) is 25.6 Å². The first-order chi connectivity index (χ1) is 13.8. The number of pyridine rings is 1. The quantitative estimate of drug-likeness (QED) is 0.704. The topological polar surface area (TPSA) is 63.1 Å². The van der Waals surface area contributed by atoms with Crippen molar-refractivity contribution in [3.63, 3.8) is 0 Å². The molecule has 29 heavy (non-hydrogen) atoms. The molecule has 1 fully saturated rings. The molecule has 3 rings (SSSR count). The molecule has 1 aromatic heterocycles. The van der Waals surface area contributed by atoms with Crippen molar-refractivity contribution in [2.75, 3.05) is 12.0 Å². The van der Waals surface area contributed by atoms with Gasteiger partial charge in [-0.2, -0.15) is 0 Å². The number of benzene rings is 1. The molecule has 1 amide bonds. The number of carbonyl (C=O) groups excluding carboxylic acids is 1. The maximum Gasteiger partial charge on any atom is 0.262 e. The third-order valence-corrected chi connectivity index (χ3v) is 6.04. The van der Waals surface area contributed by atoms with Crippen molar-refractivity contribution in [1.29, 1.82) is 0 Å². The van der Waals surface area contributed by atoms with E-state index in [4.69, 9.17) is 0 Å². The van der Waals surface area contributed by atoms with Crippen LogP contribution in [0.1, 0.15) is 65.8 Å². The number of carbonyl (C=O) groups is 1. The minimum atomic E-state index is -0.288. The van der Waals surface area contributed by atoms with Crippen LogP contribution >= 0.6 is 0 Å². The third-order valence-electron chi connectivity index (χ3n) is 6.04. The van der Waals surface area contributed by atoms with Crippen molar-refractivity contribution < 1.29 is 9.18 Å². The number of nitrogens with zero attached hydrogens (tertiary/aromatic N) is 1. The SMILES string of the molecule is Bc1c(C)c(C(=O)N[C@H](c2ccc(F)cc2)C2CCC2)c(C)n(NCCC)c1=O. The zero-order chi connectivity index (χ0) is 21.1. The van der Waals surface area contributed by atoms with Gasteiger partial charge >= 0.3 is 0 Å². The molecule has 0 bridgehead atoms. The molecule has 2 aromatic rings. The second-order valence-electron chi connectivity index (χ2n) is 7.95. The van der Waals surface area contributed by atoms with Crippen molar-refractivity contribution in [3.8, 4) is 0 Å². The molecule has 1 heterocycles. The first-order valence-corrected chi connectivity index (χ1v) is 10.4. The maximum atomic E-state index is 13.4. The third kappa shape index (κ3) is 4.23. The lowest BCUT2D eigenvalue weighted by molar-refractivity contribution is 0.0898. The van der Waals surface area contributed by atoms with Crippen molar-refractivity contribution >= 4 is 19.2 Å². The van der Waals surface area contributed by atoms with E-state index in [1.165, 1.54) is 16.8 Å². The Bertz CT molecular complexity index is 952. The van der Waals surface area contributed by atoms with Crippen LogP contribution in [0.15, 0.2) is 29.1 Å². The van der Waals surface area contributed by atoms with E-state index >= 15 is 0 Å². The Morgan fingerprint density at radius 2 is 1.93 bits per heavy atom. The standard InChI is InChI=1S/C22H29BFN3O2/c1-4-12-25-27-14(3)18(13(2)19(23)22(27)29)21(28)26-20(15-6-5-7-15)16-8-10-17(24)11-9-16/h8-11,15,20,25H,4-7,12,23H2,1-3H3,(H,26,28)/t20-/m0/s1. The number of nitrogens with one attached hydrogen (secondary N) is 2. The van der Waals surface area contributed by atoms with Crippen LogP contribution in [-0.2, 0) is 0 Å². The number of aromatic nitrogens is 1. The van der Waals surface area contributed by atoms with E-state index in [9.17, 15) is 14.0 Å². The number of hydrogen-bond acceptors (Lipinski definition) is 3. The molecule has 0 radical (unpaired) electrons. The molecular formula is C22H29BFN3O2. The number of halogens is 1. The van der Waals surface area contributed by atoms with Gasteiger partial charge < -0.3 is 10.7 Å². The van der Waals surface area contributed by atoms with Crippen LogP contribution in [0.3, 0.4) is 0 Å². The molecule has 5 nitrogen and oxygen atoms in total. The summed E-state index contributed by atoms with van der Waals surface area (Å²) >= 11 is 0. The zero-order valence-electron chi connectivity index (χ0n) is 17.6. The lowest BCUT2D eigenvalue weighted by atomic mass is 9.77. The second-order valence-corrected chi connectivity index (χ2v) is 7.95. The molecule has 1 aliphatic carbocycles. The van der Waals surface area contributed by atoms with E-state index in [0.29, 0.717) is 34.7 Å². The zero-order valence-corrected chi connectivity index (χ0v) is 17.6. The number of rotatable bonds is 7. The lowest BCUT2D eigenvalue weighted by Gasteiger charge is -2.35. The van der Waals surface area contributed by atoms with Crippen LogP contribution in [0.25, 0.3) is 0 Å². The van der Waals surface area contributed by atoms with Crippen LogP contribution in [0.5, 0.6) is 0 Å². The number of amides is 1. The Balaban J connectivity index is 1.97. The Labute approximate surface area is 172 Å². The molecule has 1 aromatic carbocycles. The van der Waals surface area contributed by atoms with Gasteiger partial charge in [-0.1, -0.05) is 25.5 Å². The van der Waals surface area contributed by atoms with Gasteiger partial charge in [-0.15, -0.1) is 0 Å². The highest BCUT2D eigenvalue weighted by atomic mass is 19.1. The highest BCUT2D eigenvalue weighted by molar-refractivity contribution is 6.33. The van der Waals surface area contributed by atoms with Crippen molar-refractivity contribution in [1.82, 2.24) is 9.99 Å². The fraction of sp³-hybridized carbons (Fsp3) is 0.455. The Hall–Kier alpha value is -2.57. The Morgan fingerprint density at radius 1 is 1.28 bits per heavy atom. The molecule has 154 valence electrons. The van der Waals surface area contributed by atoms with Gasteiger partial charge in [0.1, 0.15) is 13.7 Å². The summed E-state index contributed by atoms with van der Waals surface area (Å²) in [7, 11) is 1.75. The smallest absolute Gasteiger partial charge is 0.262 e. The Morgan fingerprint density at radius 3 is 2.48 bits per heavy atom. The highest BCUT2D eigenvalue weighted by Crippen LogP contribution is 2.38. The van der Waals surface area contributed by atoms with E-state index in [1.54, 1.807) is 26.9 Å². The molecule has 0 spiro atoms. The summed E-state index contributed by atoms with van der Waals surface area (Å²) in [5.74, 6) is -0.143. The van der Waals surface area contributed by atoms with Crippen molar-refractivity contribution in [2.45, 2.75) is 52.5 Å². The molecule has 1 aliphatic rings. The molecule has 7 heteroatoms. The predicted molar refractivity (Wildman–Crippen MR) is 117 cm³/mol. The van der Waals surface area contributed by atoms with Gasteiger partial charge in [0, 0.05) is 6.54 Å². The van der Waals surface area contributed by atoms with Crippen LogP contribution < -0.4 is 21.8 Å². The average molecular weight is 397 g/mol. The van der Waals surface area contributed by atoms with Gasteiger partial charge in [-0.3, -0.25) is 9.59 Å². The van der Waals surface area contributed by atoms with Gasteiger partial charge in [0.25, 0.3) is 11.5 Å². The van der Waals surface area contributed by atoms with Crippen molar-refractivity contribution in [3.05, 3.63) is 62.8 Å². The monoisotopic (exact) mass is 397 g/mol. The number of hydrogen-bond donors (Lipinski definition) is 2. The van der Waals surface area contributed by atoms with E-state index in [2.05, 4.69) is 10.7 Å². The fourth-order valence-electron chi connectivity index (χ4n) is 3.93. The minimum Gasteiger partial charge on any atom is -0.345 e. The summed E-state index contributed by atoms with van der Waals surface area (Å²) in [4.78, 5) is 26.0. The van der Waals surface area contributed by atoms with E-state index in [1.807, 2.05) is 13.8 Å². The molecule has 0 saturated heterocycles. The van der Waals surface area contributed by atoms with E-state index in [-0.39, 0.29) is 23.3 Å². The first kappa shape index (κ1) is 21.2. The normalized spacial score (nSPS) is 14.9. The summed E-state index contributed by atoms with van der Waals surface area (Å²) < 4.78 is 14.9. The summed E-state index contributed by atoms with van der Waals surface area (Å²) in [6.07, 6.45) is 4.09. The van der Waals surface area contributed by atoms with Gasteiger partial charge in [0.05, 0.1) is 17.3 Å². The predicted octanol–water partition coefficient (Wildman–Crippen LogP) is 2.09. The van der Waals surface area contributed by atoms with E-state index in [0.717, 1.165) is 31.2 Å². The van der Waals surface area contributed by atoms with Gasteiger partial charge in [-0.05, 0) is 67.8 Å². The summed E-state index contributed by atoms with van der Waals surface area (Å²) in [6, 6.07) is 6.19. The van der Waals surface area contributed by atoms with Crippen LogP contribution in [-0.4, -0.2) is 25.0 Å². The van der Waals surface area contributed by atoms with Gasteiger partial charge in [-0.25, -0.2) is 9.07 Å². The molecule has 1 saturated carbocycles. The van der Waals surface area contributed by atoms with E-state index < -0.39 is 0 Å². The van der Waals surface area contributed by atoms with Gasteiger partial charge in [0.15, 0.2) is 0 Å². The summed E-state index contributed by atoms with van der Waals surface area (Å²) in [6.45, 7) is 6.28. The molecule has 0 unspecified atom stereocenters. The molecule has 0 aliphatic heterocycles. The van der Waals surface area contributed by atoms with Crippen LogP contribution in [0.4, 0.5) is 4.39 Å². The molecular weight excluding hydrogens is 368 g/mol. The lowest BCUT2D eigenvalue weighted by Crippen LogP contribution is -2.45. The largest absolute Gasteiger partial charge is 0.345 e. The molecule has 1 atom stereocenters. The van der Waals surface area contributed by atoms with Gasteiger partial charge in [0.2, 0.25) is 0 Å². The highest BCUT2D eigenvalue weighted by Gasteiger charge is 2.31. The summed E-state index contributed by atoms with van der Waals surface area (Å²) in [5.41, 5.74) is 6.29.